The van der Waals surface area contributed by atoms with Crippen molar-refractivity contribution >= 4 is 5.95 Å². The van der Waals surface area contributed by atoms with E-state index in [-0.39, 0.29) is 11.5 Å². The molecule has 4 nitrogen and oxygen atoms in total. The van der Waals surface area contributed by atoms with Gasteiger partial charge in [0.25, 0.3) is 0 Å². The molecule has 96 valence electrons. The normalized spacial score (nSPS) is 13.5. The SMILES string of the molecule is Cc1cc(C)nc(NCC(N)CC(C)(C)C)n1. The van der Waals surface area contributed by atoms with E-state index in [0.29, 0.717) is 12.5 Å². The van der Waals surface area contributed by atoms with Crippen molar-refractivity contribution in [3.63, 3.8) is 0 Å². The van der Waals surface area contributed by atoms with Gasteiger partial charge in [-0.25, -0.2) is 9.97 Å². The maximum Gasteiger partial charge on any atom is 0.223 e. The van der Waals surface area contributed by atoms with Gasteiger partial charge in [-0.2, -0.15) is 0 Å². The predicted octanol–water partition coefficient (Wildman–Crippen LogP) is 2.27. The Labute approximate surface area is 104 Å². The molecule has 0 aliphatic heterocycles. The summed E-state index contributed by atoms with van der Waals surface area (Å²) in [5.74, 6) is 0.673. The third kappa shape index (κ3) is 5.63. The summed E-state index contributed by atoms with van der Waals surface area (Å²) in [4.78, 5) is 8.65. The van der Waals surface area contributed by atoms with Crippen molar-refractivity contribution in [3.05, 3.63) is 17.5 Å². The Kier molecular flexibility index (Phi) is 4.46. The highest BCUT2D eigenvalue weighted by Gasteiger charge is 2.15. The zero-order chi connectivity index (χ0) is 13.1. The fourth-order valence-corrected chi connectivity index (χ4v) is 1.89. The van der Waals surface area contributed by atoms with Gasteiger partial charge in [-0.3, -0.25) is 0 Å². The minimum Gasteiger partial charge on any atom is -0.353 e. The maximum absolute atomic E-state index is 6.07. The van der Waals surface area contributed by atoms with E-state index in [1.807, 2.05) is 19.9 Å². The van der Waals surface area contributed by atoms with Crippen LogP contribution in [0.5, 0.6) is 0 Å². The van der Waals surface area contributed by atoms with Crippen molar-refractivity contribution in [2.45, 2.75) is 47.1 Å². The highest BCUT2D eigenvalue weighted by atomic mass is 15.1. The maximum atomic E-state index is 6.07. The van der Waals surface area contributed by atoms with E-state index in [9.17, 15) is 0 Å². The van der Waals surface area contributed by atoms with E-state index in [0.717, 1.165) is 17.8 Å². The van der Waals surface area contributed by atoms with Gasteiger partial charge in [0.1, 0.15) is 0 Å². The van der Waals surface area contributed by atoms with Crippen molar-refractivity contribution in [2.75, 3.05) is 11.9 Å². The lowest BCUT2D eigenvalue weighted by molar-refractivity contribution is 0.344. The molecule has 1 unspecified atom stereocenters. The molecule has 0 aliphatic carbocycles. The highest BCUT2D eigenvalue weighted by molar-refractivity contribution is 5.27. The van der Waals surface area contributed by atoms with E-state index in [1.54, 1.807) is 0 Å². The summed E-state index contributed by atoms with van der Waals surface area (Å²) in [7, 11) is 0. The summed E-state index contributed by atoms with van der Waals surface area (Å²) in [6.45, 7) is 11.2. The molecule has 0 saturated carbocycles. The van der Waals surface area contributed by atoms with Gasteiger partial charge in [-0.05, 0) is 31.7 Å². The molecule has 1 aromatic heterocycles. The smallest absolute Gasteiger partial charge is 0.223 e. The minimum atomic E-state index is 0.124. The van der Waals surface area contributed by atoms with E-state index < -0.39 is 0 Å². The Morgan fingerprint density at radius 3 is 2.24 bits per heavy atom. The Bertz CT molecular complexity index is 348. The van der Waals surface area contributed by atoms with Gasteiger partial charge in [-0.15, -0.1) is 0 Å². The number of rotatable bonds is 4. The molecule has 4 heteroatoms. The Morgan fingerprint density at radius 1 is 1.24 bits per heavy atom. The molecule has 0 saturated heterocycles. The molecule has 0 bridgehead atoms. The molecule has 1 aromatic rings. The van der Waals surface area contributed by atoms with Crippen molar-refractivity contribution in [2.24, 2.45) is 11.1 Å². The van der Waals surface area contributed by atoms with Crippen LogP contribution in [0.1, 0.15) is 38.6 Å². The number of aryl methyl sites for hydroxylation is 2. The first-order valence-corrected chi connectivity index (χ1v) is 6.08. The van der Waals surface area contributed by atoms with E-state index in [4.69, 9.17) is 5.73 Å². The molecule has 0 amide bonds. The molecule has 17 heavy (non-hydrogen) atoms. The van der Waals surface area contributed by atoms with Gasteiger partial charge < -0.3 is 11.1 Å². The first kappa shape index (κ1) is 13.9. The third-order valence-electron chi connectivity index (χ3n) is 2.38. The van der Waals surface area contributed by atoms with Crippen molar-refractivity contribution in [1.82, 2.24) is 9.97 Å². The molecular weight excluding hydrogens is 212 g/mol. The number of hydrogen-bond acceptors (Lipinski definition) is 4. The average molecular weight is 236 g/mol. The standard InChI is InChI=1S/C13H24N4/c1-9-6-10(2)17-12(16-9)15-8-11(14)7-13(3,4)5/h6,11H,7-8,14H2,1-5H3,(H,15,16,17). The fraction of sp³-hybridized carbons (Fsp3) is 0.692. The first-order valence-electron chi connectivity index (χ1n) is 6.08. The van der Waals surface area contributed by atoms with Gasteiger partial charge in [0, 0.05) is 24.0 Å². The number of nitrogens with zero attached hydrogens (tertiary/aromatic N) is 2. The Morgan fingerprint density at radius 2 is 1.76 bits per heavy atom. The van der Waals surface area contributed by atoms with E-state index in [2.05, 4.69) is 36.1 Å². The van der Waals surface area contributed by atoms with Crippen LogP contribution in [0.3, 0.4) is 0 Å². The Hall–Kier alpha value is -1.16. The molecule has 1 rings (SSSR count). The topological polar surface area (TPSA) is 63.8 Å². The zero-order valence-electron chi connectivity index (χ0n) is 11.5. The van der Waals surface area contributed by atoms with Crippen LogP contribution in [0.25, 0.3) is 0 Å². The molecule has 0 fully saturated rings. The van der Waals surface area contributed by atoms with Gasteiger partial charge in [0.2, 0.25) is 5.95 Å². The molecule has 3 N–H and O–H groups in total. The van der Waals surface area contributed by atoms with Crippen molar-refractivity contribution in [1.29, 1.82) is 0 Å². The number of anilines is 1. The lowest BCUT2D eigenvalue weighted by atomic mass is 9.88. The quantitative estimate of drug-likeness (QED) is 0.841. The summed E-state index contributed by atoms with van der Waals surface area (Å²) >= 11 is 0. The summed E-state index contributed by atoms with van der Waals surface area (Å²) in [5.41, 5.74) is 8.27. The van der Waals surface area contributed by atoms with Crippen LogP contribution < -0.4 is 11.1 Å². The second-order valence-electron chi connectivity index (χ2n) is 5.88. The molecule has 1 heterocycles. The van der Waals surface area contributed by atoms with Gasteiger partial charge in [0.05, 0.1) is 0 Å². The fourth-order valence-electron chi connectivity index (χ4n) is 1.89. The lowest BCUT2D eigenvalue weighted by Crippen LogP contribution is -2.33. The third-order valence-corrected chi connectivity index (χ3v) is 2.38. The monoisotopic (exact) mass is 236 g/mol. The molecule has 0 spiro atoms. The van der Waals surface area contributed by atoms with Crippen LogP contribution >= 0.6 is 0 Å². The van der Waals surface area contributed by atoms with Gasteiger partial charge in [0.15, 0.2) is 0 Å². The summed E-state index contributed by atoms with van der Waals surface area (Å²) in [6, 6.07) is 2.08. The Balaban J connectivity index is 2.50. The van der Waals surface area contributed by atoms with Gasteiger partial charge >= 0.3 is 0 Å². The predicted molar refractivity (Wildman–Crippen MR) is 72.0 cm³/mol. The van der Waals surface area contributed by atoms with Crippen LogP contribution in [0.2, 0.25) is 0 Å². The van der Waals surface area contributed by atoms with Crippen LogP contribution in [0.15, 0.2) is 6.07 Å². The van der Waals surface area contributed by atoms with Crippen LogP contribution in [0.4, 0.5) is 5.95 Å². The van der Waals surface area contributed by atoms with E-state index in [1.165, 1.54) is 0 Å². The summed E-state index contributed by atoms with van der Waals surface area (Å²) in [6.07, 6.45) is 0.977. The molecule has 0 radical (unpaired) electrons. The number of aromatic nitrogens is 2. The number of nitrogens with two attached hydrogens (primary N) is 1. The van der Waals surface area contributed by atoms with Crippen LogP contribution in [-0.2, 0) is 0 Å². The number of nitrogens with one attached hydrogen (secondary N) is 1. The molecule has 0 aromatic carbocycles. The molecular formula is C13H24N4. The zero-order valence-corrected chi connectivity index (χ0v) is 11.5. The van der Waals surface area contributed by atoms with Crippen molar-refractivity contribution in [3.8, 4) is 0 Å². The summed E-state index contributed by atoms with van der Waals surface area (Å²) in [5, 5.41) is 3.20. The van der Waals surface area contributed by atoms with E-state index >= 15 is 0 Å². The lowest BCUT2D eigenvalue weighted by Gasteiger charge is -2.23. The second-order valence-corrected chi connectivity index (χ2v) is 5.88. The summed E-state index contributed by atoms with van der Waals surface area (Å²) < 4.78 is 0. The molecule has 1 atom stereocenters. The number of hydrogen-bond donors (Lipinski definition) is 2. The first-order chi connectivity index (χ1) is 7.76. The van der Waals surface area contributed by atoms with Crippen molar-refractivity contribution < 1.29 is 0 Å². The second kappa shape index (κ2) is 5.45. The molecule has 0 aliphatic rings. The minimum absolute atomic E-state index is 0.124. The van der Waals surface area contributed by atoms with Crippen LogP contribution in [-0.4, -0.2) is 22.6 Å². The highest BCUT2D eigenvalue weighted by Crippen LogP contribution is 2.19. The largest absolute Gasteiger partial charge is 0.353 e. The van der Waals surface area contributed by atoms with Crippen LogP contribution in [0, 0.1) is 19.3 Å². The average Bonchev–Trinajstić information content (AvgIpc) is 2.10. The van der Waals surface area contributed by atoms with Gasteiger partial charge in [-0.1, -0.05) is 20.8 Å².